The van der Waals surface area contributed by atoms with Crippen molar-refractivity contribution in [2.24, 2.45) is 0 Å². The van der Waals surface area contributed by atoms with E-state index in [1.807, 2.05) is 54.6 Å². The van der Waals surface area contributed by atoms with Gasteiger partial charge in [0.05, 0.1) is 17.6 Å². The molecule has 3 aromatic rings. The van der Waals surface area contributed by atoms with Crippen LogP contribution in [0.2, 0.25) is 0 Å². The second-order valence-electron chi connectivity index (χ2n) is 6.07. The first kappa shape index (κ1) is 19.4. The Morgan fingerprint density at radius 1 is 1.14 bits per heavy atom. The fourth-order valence-electron chi connectivity index (χ4n) is 2.75. The first-order valence-electron chi connectivity index (χ1n) is 8.72. The van der Waals surface area contributed by atoms with Crippen LogP contribution in [0, 0.1) is 0 Å². The summed E-state index contributed by atoms with van der Waals surface area (Å²) in [5.41, 5.74) is 1.55. The van der Waals surface area contributed by atoms with Crippen LogP contribution in [0.1, 0.15) is 5.82 Å². The number of carboxylic acids is 1. The van der Waals surface area contributed by atoms with E-state index < -0.39 is 12.1 Å². The molecule has 3 rings (SSSR count). The minimum absolute atomic E-state index is 0.00987. The van der Waals surface area contributed by atoms with Gasteiger partial charge in [-0.3, -0.25) is 4.79 Å². The van der Waals surface area contributed by atoms with Crippen LogP contribution in [0.5, 0.6) is 5.75 Å². The number of carbonyl (C=O) groups is 2. The number of imidazole rings is 1. The molecule has 0 radical (unpaired) electrons. The Labute approximate surface area is 161 Å². The van der Waals surface area contributed by atoms with Gasteiger partial charge in [0.2, 0.25) is 5.91 Å². The molecule has 0 aliphatic carbocycles. The first-order chi connectivity index (χ1) is 13.6. The molecule has 0 fully saturated rings. The molecule has 8 heteroatoms. The zero-order valence-corrected chi connectivity index (χ0v) is 15.4. The van der Waals surface area contributed by atoms with Crippen LogP contribution < -0.4 is 10.1 Å². The lowest BCUT2D eigenvalue weighted by molar-refractivity contribution is -0.148. The van der Waals surface area contributed by atoms with Crippen molar-refractivity contribution >= 4 is 22.9 Å². The fourth-order valence-corrected chi connectivity index (χ4v) is 2.75. The largest absolute Gasteiger partial charge is 0.486 e. The van der Waals surface area contributed by atoms with E-state index in [0.717, 1.165) is 11.0 Å². The molecule has 0 aliphatic rings. The van der Waals surface area contributed by atoms with Gasteiger partial charge in [-0.25, -0.2) is 9.78 Å². The second-order valence-corrected chi connectivity index (χ2v) is 6.07. The predicted molar refractivity (Wildman–Crippen MR) is 102 cm³/mol. The number of rotatable bonds is 9. The van der Waals surface area contributed by atoms with Crippen LogP contribution in [0.25, 0.3) is 11.0 Å². The number of benzene rings is 2. The van der Waals surface area contributed by atoms with E-state index in [1.165, 1.54) is 7.11 Å². The Morgan fingerprint density at radius 2 is 1.86 bits per heavy atom. The smallest absolute Gasteiger partial charge is 0.334 e. The number of carbonyl (C=O) groups excluding carboxylic acids is 1. The summed E-state index contributed by atoms with van der Waals surface area (Å²) in [5, 5.41) is 11.6. The van der Waals surface area contributed by atoms with Crippen molar-refractivity contribution < 1.29 is 24.2 Å². The van der Waals surface area contributed by atoms with Crippen LogP contribution in [0.15, 0.2) is 54.6 Å². The molecule has 1 unspecified atom stereocenters. The molecule has 0 saturated heterocycles. The molecule has 1 atom stereocenters. The quantitative estimate of drug-likeness (QED) is 0.584. The highest BCUT2D eigenvalue weighted by molar-refractivity contribution is 5.81. The molecule has 2 N–H and O–H groups in total. The lowest BCUT2D eigenvalue weighted by atomic mass is 10.3. The number of aliphatic carboxylic acids is 1. The maximum absolute atomic E-state index is 12.4. The van der Waals surface area contributed by atoms with Crippen LogP contribution in [-0.4, -0.2) is 46.3 Å². The van der Waals surface area contributed by atoms with E-state index in [0.29, 0.717) is 11.6 Å². The molecule has 8 nitrogen and oxygen atoms in total. The van der Waals surface area contributed by atoms with Crippen molar-refractivity contribution in [3.8, 4) is 5.75 Å². The summed E-state index contributed by atoms with van der Waals surface area (Å²) in [6.45, 7) is 0.0684. The summed E-state index contributed by atoms with van der Waals surface area (Å²) in [7, 11) is 1.29. The summed E-state index contributed by atoms with van der Waals surface area (Å²) in [6.07, 6.45) is -1.09. The standard InChI is InChI=1S/C20H21N3O5/c1-27-17(20(25)26)11-21-19(24)12-23-16-10-6-5-9-15(16)22-18(23)13-28-14-7-3-2-4-8-14/h2-10,17H,11-13H2,1H3,(H,21,24)(H,25,26). The molecule has 1 aromatic heterocycles. The van der Waals surface area contributed by atoms with Crippen LogP contribution >= 0.6 is 0 Å². The van der Waals surface area contributed by atoms with Gasteiger partial charge in [-0.2, -0.15) is 0 Å². The van der Waals surface area contributed by atoms with Gasteiger partial charge in [0.25, 0.3) is 0 Å². The Hall–Kier alpha value is -3.39. The van der Waals surface area contributed by atoms with Crippen molar-refractivity contribution in [1.29, 1.82) is 0 Å². The van der Waals surface area contributed by atoms with Crippen molar-refractivity contribution in [2.75, 3.05) is 13.7 Å². The molecule has 28 heavy (non-hydrogen) atoms. The van der Waals surface area contributed by atoms with E-state index in [9.17, 15) is 9.59 Å². The predicted octanol–water partition coefficient (Wildman–Crippen LogP) is 1.83. The number of methoxy groups -OCH3 is 1. The molecular formula is C20H21N3O5. The van der Waals surface area contributed by atoms with Gasteiger partial charge in [0.1, 0.15) is 24.7 Å². The maximum atomic E-state index is 12.4. The third-order valence-electron chi connectivity index (χ3n) is 4.19. The number of nitrogens with zero attached hydrogens (tertiary/aromatic N) is 2. The van der Waals surface area contributed by atoms with Crippen LogP contribution in [-0.2, 0) is 27.5 Å². The second kappa shape index (κ2) is 9.01. The number of carboxylic acid groups (broad SMARTS) is 1. The van der Waals surface area contributed by atoms with Crippen molar-refractivity contribution in [2.45, 2.75) is 19.3 Å². The van der Waals surface area contributed by atoms with Crippen LogP contribution in [0.4, 0.5) is 0 Å². The van der Waals surface area contributed by atoms with Gasteiger partial charge in [-0.15, -0.1) is 0 Å². The Balaban J connectivity index is 1.75. The lowest BCUT2D eigenvalue weighted by Gasteiger charge is -2.13. The SMILES string of the molecule is COC(CNC(=O)Cn1c(COc2ccccc2)nc2ccccc21)C(=O)O. The number of hydrogen-bond donors (Lipinski definition) is 2. The zero-order valence-electron chi connectivity index (χ0n) is 15.4. The third-order valence-corrected chi connectivity index (χ3v) is 4.19. The lowest BCUT2D eigenvalue weighted by Crippen LogP contribution is -2.39. The summed E-state index contributed by atoms with van der Waals surface area (Å²) < 4.78 is 12.4. The topological polar surface area (TPSA) is 103 Å². The van der Waals surface area contributed by atoms with E-state index >= 15 is 0 Å². The molecule has 0 saturated carbocycles. The van der Waals surface area contributed by atoms with Gasteiger partial charge >= 0.3 is 5.97 Å². The van der Waals surface area contributed by atoms with Gasteiger partial charge in [-0.05, 0) is 24.3 Å². The molecule has 2 aromatic carbocycles. The molecular weight excluding hydrogens is 362 g/mol. The van der Waals surface area contributed by atoms with Gasteiger partial charge in [0, 0.05) is 7.11 Å². The molecule has 0 spiro atoms. The highest BCUT2D eigenvalue weighted by atomic mass is 16.5. The van der Waals surface area contributed by atoms with E-state index in [1.54, 1.807) is 4.57 Å². The van der Waals surface area contributed by atoms with E-state index in [-0.39, 0.29) is 25.6 Å². The van der Waals surface area contributed by atoms with E-state index in [2.05, 4.69) is 10.3 Å². The summed E-state index contributed by atoms with van der Waals surface area (Å²) in [4.78, 5) is 27.9. The fraction of sp³-hybridized carbons (Fsp3) is 0.250. The average molecular weight is 383 g/mol. The average Bonchev–Trinajstić information content (AvgIpc) is 3.05. The number of ether oxygens (including phenoxy) is 2. The van der Waals surface area contributed by atoms with Gasteiger partial charge in [-0.1, -0.05) is 30.3 Å². The van der Waals surface area contributed by atoms with Gasteiger partial charge in [0.15, 0.2) is 6.10 Å². The highest BCUT2D eigenvalue weighted by Crippen LogP contribution is 2.18. The number of amides is 1. The van der Waals surface area contributed by atoms with Gasteiger partial charge < -0.3 is 24.5 Å². The number of hydrogen-bond acceptors (Lipinski definition) is 5. The first-order valence-corrected chi connectivity index (χ1v) is 8.72. The highest BCUT2D eigenvalue weighted by Gasteiger charge is 2.19. The Morgan fingerprint density at radius 3 is 2.57 bits per heavy atom. The number of nitrogens with one attached hydrogen (secondary N) is 1. The zero-order chi connectivity index (χ0) is 19.9. The monoisotopic (exact) mass is 383 g/mol. The number of fused-ring (bicyclic) bond motifs is 1. The Kier molecular flexibility index (Phi) is 6.23. The summed E-state index contributed by atoms with van der Waals surface area (Å²) in [5.74, 6) is -0.170. The normalized spacial score (nSPS) is 11.9. The molecule has 1 amide bonds. The minimum Gasteiger partial charge on any atom is -0.486 e. The molecule has 0 bridgehead atoms. The third kappa shape index (κ3) is 4.66. The molecule has 146 valence electrons. The van der Waals surface area contributed by atoms with Crippen molar-refractivity contribution in [3.05, 3.63) is 60.4 Å². The van der Waals surface area contributed by atoms with Crippen molar-refractivity contribution in [3.63, 3.8) is 0 Å². The van der Waals surface area contributed by atoms with Crippen LogP contribution in [0.3, 0.4) is 0 Å². The molecule has 0 aliphatic heterocycles. The number of aromatic nitrogens is 2. The Bertz CT molecular complexity index is 955. The van der Waals surface area contributed by atoms with Crippen molar-refractivity contribution in [1.82, 2.24) is 14.9 Å². The molecule has 1 heterocycles. The minimum atomic E-state index is -1.13. The maximum Gasteiger partial charge on any atom is 0.334 e. The number of para-hydroxylation sites is 3. The summed E-state index contributed by atoms with van der Waals surface area (Å²) in [6, 6.07) is 16.8. The van der Waals surface area contributed by atoms with E-state index in [4.69, 9.17) is 14.6 Å². The summed E-state index contributed by atoms with van der Waals surface area (Å²) >= 11 is 0.